The zero-order valence-electron chi connectivity index (χ0n) is 14.5. The summed E-state index contributed by atoms with van der Waals surface area (Å²) in [6, 6.07) is 0. The molecule has 1 fully saturated rings. The number of methoxy groups -OCH3 is 1. The van der Waals surface area contributed by atoms with Gasteiger partial charge in [0.15, 0.2) is 0 Å². The van der Waals surface area contributed by atoms with E-state index in [0.29, 0.717) is 6.42 Å². The van der Waals surface area contributed by atoms with Crippen LogP contribution in [-0.2, 0) is 19.0 Å². The average Bonchev–Trinajstić information content (AvgIpc) is 2.57. The van der Waals surface area contributed by atoms with Crippen molar-refractivity contribution in [3.63, 3.8) is 0 Å². The van der Waals surface area contributed by atoms with E-state index in [4.69, 9.17) is 14.2 Å². The SMILES string of the molecule is CO[C@]12C=C(C)C[C@H](OC(C)=O)[C@]3(O1)[C@H](CC3(C)C)C(CO)=C2. The molecule has 0 aromatic rings. The molecular formula is C18H26O5. The summed E-state index contributed by atoms with van der Waals surface area (Å²) >= 11 is 0. The fourth-order valence-corrected chi connectivity index (χ4v) is 4.72. The van der Waals surface area contributed by atoms with Gasteiger partial charge in [-0.05, 0) is 36.5 Å². The summed E-state index contributed by atoms with van der Waals surface area (Å²) in [6.45, 7) is 7.63. The highest BCUT2D eigenvalue weighted by atomic mass is 16.7. The van der Waals surface area contributed by atoms with Crippen LogP contribution in [0.2, 0.25) is 0 Å². The van der Waals surface area contributed by atoms with Crippen LogP contribution in [-0.4, -0.2) is 42.3 Å². The Morgan fingerprint density at radius 2 is 2.13 bits per heavy atom. The topological polar surface area (TPSA) is 65.0 Å². The molecule has 23 heavy (non-hydrogen) atoms. The Kier molecular flexibility index (Phi) is 3.74. The van der Waals surface area contributed by atoms with Gasteiger partial charge in [-0.2, -0.15) is 0 Å². The van der Waals surface area contributed by atoms with Crippen LogP contribution in [0.15, 0.2) is 23.3 Å². The predicted molar refractivity (Wildman–Crippen MR) is 84.5 cm³/mol. The first-order valence-electron chi connectivity index (χ1n) is 8.13. The van der Waals surface area contributed by atoms with Crippen molar-refractivity contribution in [3.8, 4) is 0 Å². The minimum atomic E-state index is -1.01. The maximum atomic E-state index is 11.7. The van der Waals surface area contributed by atoms with Crippen LogP contribution >= 0.6 is 0 Å². The van der Waals surface area contributed by atoms with Gasteiger partial charge < -0.3 is 19.3 Å². The van der Waals surface area contributed by atoms with Gasteiger partial charge in [-0.15, -0.1) is 0 Å². The number of aliphatic hydroxyl groups is 1. The highest BCUT2D eigenvalue weighted by molar-refractivity contribution is 5.66. The molecule has 0 saturated heterocycles. The molecule has 3 rings (SSSR count). The standard InChI is InChI=1S/C18H26O5/c1-11-6-15(22-12(2)20)18-14(9-16(18,3)4)13(10-19)8-17(7-11,21-5)23-18/h7-8,14-15,19H,6,9-10H2,1-5H3/t14-,15+,17-,18-/m1/s1. The monoisotopic (exact) mass is 322 g/mol. The molecule has 1 aliphatic carbocycles. The summed E-state index contributed by atoms with van der Waals surface area (Å²) in [6.07, 6.45) is 4.91. The second kappa shape index (κ2) is 5.16. The van der Waals surface area contributed by atoms with Crippen LogP contribution in [0.5, 0.6) is 0 Å². The van der Waals surface area contributed by atoms with Crippen molar-refractivity contribution in [1.29, 1.82) is 0 Å². The van der Waals surface area contributed by atoms with Gasteiger partial charge in [-0.1, -0.05) is 19.4 Å². The van der Waals surface area contributed by atoms with Gasteiger partial charge in [-0.3, -0.25) is 4.79 Å². The molecule has 2 heterocycles. The lowest BCUT2D eigenvalue weighted by molar-refractivity contribution is -0.347. The van der Waals surface area contributed by atoms with Gasteiger partial charge in [-0.25, -0.2) is 0 Å². The third kappa shape index (κ3) is 2.21. The Morgan fingerprint density at radius 3 is 2.65 bits per heavy atom. The van der Waals surface area contributed by atoms with Crippen LogP contribution in [0.3, 0.4) is 0 Å². The van der Waals surface area contributed by atoms with Crippen LogP contribution in [0.25, 0.3) is 0 Å². The van der Waals surface area contributed by atoms with Crippen molar-refractivity contribution >= 4 is 5.97 Å². The molecule has 2 aliphatic heterocycles. The lowest BCUT2D eigenvalue weighted by atomic mass is 9.47. The first-order valence-corrected chi connectivity index (χ1v) is 8.13. The van der Waals surface area contributed by atoms with E-state index in [-0.39, 0.29) is 23.9 Å². The maximum absolute atomic E-state index is 11.7. The minimum absolute atomic E-state index is 0.0365. The van der Waals surface area contributed by atoms with E-state index < -0.39 is 17.5 Å². The molecule has 0 amide bonds. The molecule has 128 valence electrons. The zero-order chi connectivity index (χ0) is 17.0. The number of esters is 1. The molecule has 0 aromatic carbocycles. The summed E-state index contributed by atoms with van der Waals surface area (Å²) in [5.74, 6) is -1.28. The Bertz CT molecular complexity index is 590. The normalized spacial score (nSPS) is 41.0. The smallest absolute Gasteiger partial charge is 0.303 e. The summed E-state index contributed by atoms with van der Waals surface area (Å²) < 4.78 is 17.9. The Labute approximate surface area is 137 Å². The molecule has 4 atom stereocenters. The molecule has 3 aliphatic rings. The molecular weight excluding hydrogens is 296 g/mol. The van der Waals surface area contributed by atoms with E-state index in [2.05, 4.69) is 13.8 Å². The lowest BCUT2D eigenvalue weighted by Gasteiger charge is -2.66. The number of hydrogen-bond donors (Lipinski definition) is 1. The van der Waals surface area contributed by atoms with Gasteiger partial charge in [0.2, 0.25) is 5.79 Å². The molecule has 1 saturated carbocycles. The van der Waals surface area contributed by atoms with Gasteiger partial charge in [0.1, 0.15) is 11.7 Å². The number of rotatable bonds is 3. The lowest BCUT2D eigenvalue weighted by Crippen LogP contribution is -2.73. The van der Waals surface area contributed by atoms with Crippen molar-refractivity contribution in [2.75, 3.05) is 13.7 Å². The first-order chi connectivity index (χ1) is 10.7. The van der Waals surface area contributed by atoms with Crippen molar-refractivity contribution < 1.29 is 24.1 Å². The molecule has 1 spiro atoms. The number of fused-ring (bicyclic) bond motifs is 1. The third-order valence-corrected chi connectivity index (χ3v) is 5.70. The second-order valence-corrected chi connectivity index (χ2v) is 7.63. The number of aliphatic hydroxyl groups excluding tert-OH is 1. The predicted octanol–water partition coefficient (Wildman–Crippen LogP) is 2.34. The van der Waals surface area contributed by atoms with E-state index in [9.17, 15) is 9.90 Å². The molecule has 1 N–H and O–H groups in total. The average molecular weight is 322 g/mol. The Hall–Kier alpha value is -1.17. The summed E-state index contributed by atoms with van der Waals surface area (Å²) in [5, 5.41) is 9.86. The minimum Gasteiger partial charge on any atom is -0.459 e. The van der Waals surface area contributed by atoms with Crippen molar-refractivity contribution in [2.24, 2.45) is 11.3 Å². The summed E-state index contributed by atoms with van der Waals surface area (Å²) in [4.78, 5) is 11.7. The quantitative estimate of drug-likeness (QED) is 0.638. The van der Waals surface area contributed by atoms with Crippen molar-refractivity contribution in [3.05, 3.63) is 23.3 Å². The van der Waals surface area contributed by atoms with Crippen LogP contribution in [0.1, 0.15) is 40.5 Å². The van der Waals surface area contributed by atoms with Crippen LogP contribution in [0, 0.1) is 11.3 Å². The maximum Gasteiger partial charge on any atom is 0.303 e. The zero-order valence-corrected chi connectivity index (χ0v) is 14.5. The molecule has 2 bridgehead atoms. The fourth-order valence-electron chi connectivity index (χ4n) is 4.72. The highest BCUT2D eigenvalue weighted by Gasteiger charge is 2.71. The molecule has 5 nitrogen and oxygen atoms in total. The van der Waals surface area contributed by atoms with E-state index in [0.717, 1.165) is 17.6 Å². The number of hydrogen-bond acceptors (Lipinski definition) is 5. The highest BCUT2D eigenvalue weighted by Crippen LogP contribution is 2.65. The Balaban J connectivity index is 2.17. The van der Waals surface area contributed by atoms with Crippen molar-refractivity contribution in [2.45, 2.75) is 58.0 Å². The molecule has 0 unspecified atom stereocenters. The Morgan fingerprint density at radius 1 is 1.43 bits per heavy atom. The molecule has 0 aromatic heterocycles. The number of carbonyl (C=O) groups excluding carboxylic acids is 1. The molecule has 5 heteroatoms. The van der Waals surface area contributed by atoms with Crippen molar-refractivity contribution in [1.82, 2.24) is 0 Å². The van der Waals surface area contributed by atoms with Crippen LogP contribution < -0.4 is 0 Å². The van der Waals surface area contributed by atoms with E-state index in [1.165, 1.54) is 6.92 Å². The third-order valence-electron chi connectivity index (χ3n) is 5.70. The second-order valence-electron chi connectivity index (χ2n) is 7.63. The van der Waals surface area contributed by atoms with Gasteiger partial charge >= 0.3 is 5.97 Å². The molecule has 0 radical (unpaired) electrons. The van der Waals surface area contributed by atoms with E-state index >= 15 is 0 Å². The summed E-state index contributed by atoms with van der Waals surface area (Å²) in [5.41, 5.74) is 1.08. The first kappa shape index (κ1) is 16.7. The summed E-state index contributed by atoms with van der Waals surface area (Å²) in [7, 11) is 1.60. The van der Waals surface area contributed by atoms with Gasteiger partial charge in [0, 0.05) is 26.4 Å². The van der Waals surface area contributed by atoms with Crippen LogP contribution in [0.4, 0.5) is 0 Å². The number of ether oxygens (including phenoxy) is 3. The van der Waals surface area contributed by atoms with Gasteiger partial charge in [0.05, 0.1) is 6.61 Å². The van der Waals surface area contributed by atoms with Gasteiger partial charge in [0.25, 0.3) is 0 Å². The van der Waals surface area contributed by atoms with E-state index in [1.807, 2.05) is 19.1 Å². The van der Waals surface area contributed by atoms with E-state index in [1.54, 1.807) is 7.11 Å². The number of carbonyl (C=O) groups is 1. The largest absolute Gasteiger partial charge is 0.459 e. The fraction of sp³-hybridized carbons (Fsp3) is 0.722.